The summed E-state index contributed by atoms with van der Waals surface area (Å²) in [6, 6.07) is 3.42. The van der Waals surface area contributed by atoms with Gasteiger partial charge in [-0.1, -0.05) is 11.6 Å². The molecule has 6 nitrogen and oxygen atoms in total. The molecule has 106 valence electrons. The van der Waals surface area contributed by atoms with Gasteiger partial charge in [0.05, 0.1) is 37.3 Å². The normalized spacial score (nSPS) is 10.0. The zero-order valence-electron chi connectivity index (χ0n) is 11.4. The van der Waals surface area contributed by atoms with Crippen molar-refractivity contribution in [3.8, 4) is 11.5 Å². The van der Waals surface area contributed by atoms with Crippen molar-refractivity contribution in [2.24, 2.45) is 0 Å². The summed E-state index contributed by atoms with van der Waals surface area (Å²) in [5, 5.41) is 6.52. The Morgan fingerprint density at radius 1 is 1.05 bits per heavy atom. The van der Waals surface area contributed by atoms with E-state index in [1.165, 1.54) is 0 Å². The highest BCUT2D eigenvalue weighted by molar-refractivity contribution is 6.32. The molecule has 0 atom stereocenters. The minimum atomic E-state index is 0.477. The summed E-state index contributed by atoms with van der Waals surface area (Å²) in [7, 11) is 4.90. The Hall–Kier alpha value is -2.21. The predicted molar refractivity (Wildman–Crippen MR) is 79.4 cm³/mol. The summed E-state index contributed by atoms with van der Waals surface area (Å²) >= 11 is 6.06. The molecule has 0 fully saturated rings. The molecule has 0 amide bonds. The second kappa shape index (κ2) is 6.29. The molecule has 7 heteroatoms. The first-order valence-electron chi connectivity index (χ1n) is 5.86. The summed E-state index contributed by atoms with van der Waals surface area (Å²) in [5.41, 5.74) is 0.691. The number of aromatic nitrogens is 2. The van der Waals surface area contributed by atoms with Gasteiger partial charge in [-0.2, -0.15) is 0 Å². The van der Waals surface area contributed by atoms with Crippen molar-refractivity contribution >= 4 is 28.9 Å². The van der Waals surface area contributed by atoms with Crippen LogP contribution < -0.4 is 20.1 Å². The van der Waals surface area contributed by atoms with Gasteiger partial charge in [-0.25, -0.2) is 4.98 Å². The highest BCUT2D eigenvalue weighted by Gasteiger charge is 2.11. The van der Waals surface area contributed by atoms with Gasteiger partial charge in [0.1, 0.15) is 17.3 Å². The van der Waals surface area contributed by atoms with E-state index in [0.29, 0.717) is 33.8 Å². The average molecular weight is 295 g/mol. The van der Waals surface area contributed by atoms with Crippen molar-refractivity contribution in [3.63, 3.8) is 0 Å². The van der Waals surface area contributed by atoms with Gasteiger partial charge >= 0.3 is 0 Å². The number of nitrogens with one attached hydrogen (secondary N) is 2. The van der Waals surface area contributed by atoms with Gasteiger partial charge < -0.3 is 20.1 Å². The standard InChI is InChI=1S/C13H15ClN4O2/c1-15-12-6-16-7-13(18-12)17-9-5-10(19-2)8(14)4-11(9)20-3/h4-7H,1-3H3,(H2,15,17,18). The molecular formula is C13H15ClN4O2. The zero-order chi connectivity index (χ0) is 14.5. The minimum absolute atomic E-state index is 0.477. The lowest BCUT2D eigenvalue weighted by Gasteiger charge is -2.13. The van der Waals surface area contributed by atoms with Crippen LogP contribution in [0.4, 0.5) is 17.3 Å². The third-order valence-corrected chi connectivity index (χ3v) is 2.92. The maximum atomic E-state index is 6.06. The fraction of sp³-hybridized carbons (Fsp3) is 0.231. The van der Waals surface area contributed by atoms with Crippen LogP contribution in [0.3, 0.4) is 0 Å². The Kier molecular flexibility index (Phi) is 4.47. The van der Waals surface area contributed by atoms with E-state index in [0.717, 1.165) is 0 Å². The number of hydrogen-bond donors (Lipinski definition) is 2. The number of methoxy groups -OCH3 is 2. The number of anilines is 3. The van der Waals surface area contributed by atoms with E-state index < -0.39 is 0 Å². The third kappa shape index (κ3) is 3.03. The molecule has 20 heavy (non-hydrogen) atoms. The Morgan fingerprint density at radius 3 is 2.40 bits per heavy atom. The van der Waals surface area contributed by atoms with Crippen molar-refractivity contribution in [2.45, 2.75) is 0 Å². The van der Waals surface area contributed by atoms with E-state index in [2.05, 4.69) is 20.6 Å². The van der Waals surface area contributed by atoms with Gasteiger partial charge in [0.15, 0.2) is 5.82 Å². The second-order valence-electron chi connectivity index (χ2n) is 3.85. The molecule has 1 aromatic heterocycles. The van der Waals surface area contributed by atoms with Crippen LogP contribution >= 0.6 is 11.6 Å². The maximum Gasteiger partial charge on any atom is 0.151 e. The number of halogens is 1. The number of ether oxygens (including phenoxy) is 2. The molecule has 0 saturated carbocycles. The van der Waals surface area contributed by atoms with E-state index in [9.17, 15) is 0 Å². The van der Waals surface area contributed by atoms with Crippen LogP contribution in [0.25, 0.3) is 0 Å². The van der Waals surface area contributed by atoms with Crippen LogP contribution in [0.15, 0.2) is 24.5 Å². The summed E-state index contributed by atoms with van der Waals surface area (Å²) < 4.78 is 10.5. The highest BCUT2D eigenvalue weighted by Crippen LogP contribution is 2.37. The minimum Gasteiger partial charge on any atom is -0.495 e. The van der Waals surface area contributed by atoms with Gasteiger partial charge in [-0.3, -0.25) is 4.98 Å². The van der Waals surface area contributed by atoms with Crippen molar-refractivity contribution in [1.82, 2.24) is 9.97 Å². The Balaban J connectivity index is 2.36. The van der Waals surface area contributed by atoms with Crippen molar-refractivity contribution in [2.75, 3.05) is 31.9 Å². The molecule has 0 unspecified atom stereocenters. The average Bonchev–Trinajstić information content (AvgIpc) is 2.48. The number of hydrogen-bond acceptors (Lipinski definition) is 6. The molecular weight excluding hydrogens is 280 g/mol. The lowest BCUT2D eigenvalue weighted by atomic mass is 10.2. The molecule has 0 aliphatic carbocycles. The first-order chi connectivity index (χ1) is 9.67. The van der Waals surface area contributed by atoms with Crippen LogP contribution in [0.5, 0.6) is 11.5 Å². The van der Waals surface area contributed by atoms with Gasteiger partial charge in [-0.05, 0) is 0 Å². The van der Waals surface area contributed by atoms with Gasteiger partial charge in [-0.15, -0.1) is 0 Å². The summed E-state index contributed by atoms with van der Waals surface area (Å²) in [4.78, 5) is 8.41. The van der Waals surface area contributed by atoms with Crippen molar-refractivity contribution < 1.29 is 9.47 Å². The zero-order valence-corrected chi connectivity index (χ0v) is 12.2. The molecule has 1 heterocycles. The largest absolute Gasteiger partial charge is 0.495 e. The SMILES string of the molecule is CNc1cncc(Nc2cc(OC)c(Cl)cc2OC)n1. The summed E-state index contributed by atoms with van der Waals surface area (Å²) in [5.74, 6) is 2.38. The fourth-order valence-corrected chi connectivity index (χ4v) is 1.87. The molecule has 2 aromatic rings. The predicted octanol–water partition coefficient (Wildman–Crippen LogP) is 2.93. The first-order valence-corrected chi connectivity index (χ1v) is 6.24. The summed E-state index contributed by atoms with van der Waals surface area (Å²) in [6.07, 6.45) is 3.24. The Bertz CT molecular complexity index is 607. The molecule has 0 aliphatic rings. The lowest BCUT2D eigenvalue weighted by Crippen LogP contribution is -2.01. The number of nitrogens with zero attached hydrogens (tertiary/aromatic N) is 2. The van der Waals surface area contributed by atoms with Crippen LogP contribution in [-0.4, -0.2) is 31.2 Å². The Labute approximate surface area is 122 Å². The van der Waals surface area contributed by atoms with Crippen molar-refractivity contribution in [1.29, 1.82) is 0 Å². The monoisotopic (exact) mass is 294 g/mol. The molecule has 0 radical (unpaired) electrons. The molecule has 0 bridgehead atoms. The first kappa shape index (κ1) is 14.2. The molecule has 0 aliphatic heterocycles. The van der Waals surface area contributed by atoms with Gasteiger partial charge in [0.2, 0.25) is 0 Å². The van der Waals surface area contributed by atoms with E-state index in [1.807, 2.05) is 0 Å². The maximum absolute atomic E-state index is 6.06. The van der Waals surface area contributed by atoms with Gasteiger partial charge in [0.25, 0.3) is 0 Å². The van der Waals surface area contributed by atoms with Crippen LogP contribution in [-0.2, 0) is 0 Å². The number of rotatable bonds is 5. The quantitative estimate of drug-likeness (QED) is 0.884. The van der Waals surface area contributed by atoms with Crippen molar-refractivity contribution in [3.05, 3.63) is 29.5 Å². The molecule has 2 N–H and O–H groups in total. The third-order valence-electron chi connectivity index (χ3n) is 2.63. The smallest absolute Gasteiger partial charge is 0.151 e. The van der Waals surface area contributed by atoms with E-state index in [-0.39, 0.29) is 0 Å². The summed E-state index contributed by atoms with van der Waals surface area (Å²) in [6.45, 7) is 0. The van der Waals surface area contributed by atoms with Crippen LogP contribution in [0, 0.1) is 0 Å². The molecule has 1 aromatic carbocycles. The van der Waals surface area contributed by atoms with Gasteiger partial charge in [0, 0.05) is 19.2 Å². The molecule has 0 spiro atoms. The number of benzene rings is 1. The molecule has 0 saturated heterocycles. The fourth-order valence-electron chi connectivity index (χ4n) is 1.64. The second-order valence-corrected chi connectivity index (χ2v) is 4.26. The Morgan fingerprint density at radius 2 is 1.75 bits per heavy atom. The highest BCUT2D eigenvalue weighted by atomic mass is 35.5. The van der Waals surface area contributed by atoms with E-state index in [1.54, 1.807) is 45.8 Å². The van der Waals surface area contributed by atoms with E-state index >= 15 is 0 Å². The van der Waals surface area contributed by atoms with E-state index in [4.69, 9.17) is 21.1 Å². The molecule has 2 rings (SSSR count). The topological polar surface area (TPSA) is 68.3 Å². The van der Waals surface area contributed by atoms with Crippen LogP contribution in [0.1, 0.15) is 0 Å². The van der Waals surface area contributed by atoms with Crippen LogP contribution in [0.2, 0.25) is 5.02 Å². The lowest BCUT2D eigenvalue weighted by molar-refractivity contribution is 0.405.